The predicted octanol–water partition coefficient (Wildman–Crippen LogP) is 1.70. The summed E-state index contributed by atoms with van der Waals surface area (Å²) in [5.74, 6) is -0.969. The Balaban J connectivity index is 1.57. The number of nitrogens with zero attached hydrogens (tertiary/aromatic N) is 1. The Hall–Kier alpha value is -1.97. The van der Waals surface area contributed by atoms with Gasteiger partial charge in [0.25, 0.3) is 5.91 Å². The van der Waals surface area contributed by atoms with Crippen LogP contribution in [0.1, 0.15) is 49.4 Å². The summed E-state index contributed by atoms with van der Waals surface area (Å²) in [4.78, 5) is 24.7. The lowest BCUT2D eigenvalue weighted by Crippen LogP contribution is -2.42. The van der Waals surface area contributed by atoms with E-state index < -0.39 is 22.1 Å². The molecule has 0 bridgehead atoms. The van der Waals surface area contributed by atoms with Gasteiger partial charge in [-0.05, 0) is 44.0 Å². The summed E-state index contributed by atoms with van der Waals surface area (Å²) >= 11 is 0. The largest absolute Gasteiger partial charge is 0.449 e. The predicted molar refractivity (Wildman–Crippen MR) is 106 cm³/mol. The maximum absolute atomic E-state index is 12.6. The molecule has 1 saturated heterocycles. The van der Waals surface area contributed by atoms with Crippen molar-refractivity contribution in [2.24, 2.45) is 0 Å². The molecule has 1 saturated carbocycles. The minimum atomic E-state index is -3.62. The van der Waals surface area contributed by atoms with E-state index in [1.807, 2.05) is 0 Å². The van der Waals surface area contributed by atoms with E-state index in [1.54, 1.807) is 0 Å². The molecule has 160 valence electrons. The fraction of sp³-hybridized carbons (Fsp3) is 0.600. The number of rotatable bonds is 6. The van der Waals surface area contributed by atoms with Crippen molar-refractivity contribution in [1.29, 1.82) is 0 Å². The van der Waals surface area contributed by atoms with Crippen LogP contribution in [0.3, 0.4) is 0 Å². The molecule has 0 spiro atoms. The van der Waals surface area contributed by atoms with E-state index in [9.17, 15) is 18.0 Å². The molecule has 9 heteroatoms. The minimum absolute atomic E-state index is 0.110. The van der Waals surface area contributed by atoms with Crippen LogP contribution in [0.25, 0.3) is 0 Å². The monoisotopic (exact) mass is 424 g/mol. The smallest absolute Gasteiger partial charge is 0.338 e. The van der Waals surface area contributed by atoms with Crippen LogP contribution in [0.2, 0.25) is 0 Å². The molecule has 1 aliphatic carbocycles. The van der Waals surface area contributed by atoms with Gasteiger partial charge in [-0.3, -0.25) is 4.79 Å². The average molecular weight is 425 g/mol. The van der Waals surface area contributed by atoms with Gasteiger partial charge in [0.2, 0.25) is 10.0 Å². The number of amides is 1. The summed E-state index contributed by atoms with van der Waals surface area (Å²) in [6.07, 6.45) is 4.36. The highest BCUT2D eigenvalue weighted by Gasteiger charge is 2.27. The summed E-state index contributed by atoms with van der Waals surface area (Å²) in [6, 6.07) is 5.72. The molecule has 1 amide bonds. The van der Waals surface area contributed by atoms with Crippen molar-refractivity contribution in [3.8, 4) is 0 Å². The summed E-state index contributed by atoms with van der Waals surface area (Å²) in [5, 5.41) is 2.93. The second-order valence-electron chi connectivity index (χ2n) is 7.43. The number of benzene rings is 1. The molecule has 1 atom stereocenters. The molecule has 0 unspecified atom stereocenters. The highest BCUT2D eigenvalue weighted by Crippen LogP contribution is 2.19. The number of morpholine rings is 1. The van der Waals surface area contributed by atoms with Crippen LogP contribution in [0.4, 0.5) is 0 Å². The highest BCUT2D eigenvalue weighted by atomic mass is 32.2. The van der Waals surface area contributed by atoms with Gasteiger partial charge in [-0.15, -0.1) is 0 Å². The third-order valence-electron chi connectivity index (χ3n) is 5.30. The molecule has 1 aromatic carbocycles. The fourth-order valence-electron chi connectivity index (χ4n) is 3.55. The van der Waals surface area contributed by atoms with E-state index >= 15 is 0 Å². The van der Waals surface area contributed by atoms with Crippen molar-refractivity contribution in [3.63, 3.8) is 0 Å². The normalized spacial score (nSPS) is 20.0. The van der Waals surface area contributed by atoms with Gasteiger partial charge in [0.1, 0.15) is 0 Å². The number of nitrogens with one attached hydrogen (secondary N) is 1. The summed E-state index contributed by atoms with van der Waals surface area (Å²) in [6.45, 7) is 2.88. The van der Waals surface area contributed by atoms with E-state index in [0.29, 0.717) is 26.3 Å². The van der Waals surface area contributed by atoms with Gasteiger partial charge in [-0.1, -0.05) is 19.3 Å². The van der Waals surface area contributed by atoms with Crippen LogP contribution in [0.15, 0.2) is 29.2 Å². The Morgan fingerprint density at radius 1 is 1.10 bits per heavy atom. The summed E-state index contributed by atoms with van der Waals surface area (Å²) in [7, 11) is -3.62. The van der Waals surface area contributed by atoms with E-state index in [0.717, 1.165) is 25.7 Å². The number of hydrogen-bond donors (Lipinski definition) is 1. The van der Waals surface area contributed by atoms with Crippen molar-refractivity contribution >= 4 is 21.9 Å². The molecule has 2 aliphatic rings. The molecular formula is C20H28N2O6S. The molecular weight excluding hydrogens is 396 g/mol. The van der Waals surface area contributed by atoms with Gasteiger partial charge >= 0.3 is 5.97 Å². The number of esters is 1. The van der Waals surface area contributed by atoms with Gasteiger partial charge < -0.3 is 14.8 Å². The number of carbonyl (C=O) groups excluding carboxylic acids is 2. The third kappa shape index (κ3) is 5.55. The van der Waals surface area contributed by atoms with Crippen molar-refractivity contribution < 1.29 is 27.5 Å². The second-order valence-corrected chi connectivity index (χ2v) is 9.37. The summed E-state index contributed by atoms with van der Waals surface area (Å²) in [5.41, 5.74) is 0.197. The molecule has 0 aromatic heterocycles. The Morgan fingerprint density at radius 2 is 1.72 bits per heavy atom. The number of hydrogen-bond acceptors (Lipinski definition) is 6. The Labute approximate surface area is 171 Å². The molecule has 2 fully saturated rings. The zero-order valence-electron chi connectivity index (χ0n) is 16.6. The zero-order chi connectivity index (χ0) is 20.9. The first-order valence-corrected chi connectivity index (χ1v) is 11.5. The van der Waals surface area contributed by atoms with Crippen LogP contribution in [-0.4, -0.2) is 63.0 Å². The van der Waals surface area contributed by atoms with Crippen LogP contribution in [-0.2, 0) is 24.3 Å². The van der Waals surface area contributed by atoms with Gasteiger partial charge in [0, 0.05) is 19.1 Å². The average Bonchev–Trinajstić information content (AvgIpc) is 2.75. The molecule has 0 radical (unpaired) electrons. The maximum Gasteiger partial charge on any atom is 0.338 e. The van der Waals surface area contributed by atoms with E-state index in [2.05, 4.69) is 5.32 Å². The first-order valence-electron chi connectivity index (χ1n) is 10.1. The lowest BCUT2D eigenvalue weighted by Gasteiger charge is -2.26. The van der Waals surface area contributed by atoms with Crippen LogP contribution < -0.4 is 5.32 Å². The third-order valence-corrected chi connectivity index (χ3v) is 7.22. The molecule has 1 aliphatic heterocycles. The minimum Gasteiger partial charge on any atom is -0.449 e. The first-order chi connectivity index (χ1) is 13.9. The van der Waals surface area contributed by atoms with Crippen LogP contribution in [0, 0.1) is 0 Å². The Kier molecular flexibility index (Phi) is 7.26. The molecule has 29 heavy (non-hydrogen) atoms. The standard InChI is InChI=1S/C20H28N2O6S/c1-15(19(23)21-17-5-3-2-4-6-17)28-20(24)16-7-9-18(10-8-16)29(25,26)22-11-13-27-14-12-22/h7-10,15,17H,2-6,11-14H2,1H3,(H,21,23)/t15-/m0/s1. The first kappa shape index (κ1) is 21.7. The highest BCUT2D eigenvalue weighted by molar-refractivity contribution is 7.89. The topological polar surface area (TPSA) is 102 Å². The van der Waals surface area contributed by atoms with Crippen LogP contribution in [0.5, 0.6) is 0 Å². The molecule has 1 N–H and O–H groups in total. The second kappa shape index (κ2) is 9.69. The molecule has 3 rings (SSSR count). The lowest BCUT2D eigenvalue weighted by atomic mass is 9.95. The van der Waals surface area contributed by atoms with Gasteiger partial charge in [-0.2, -0.15) is 4.31 Å². The molecule has 1 heterocycles. The van der Waals surface area contributed by atoms with E-state index in [-0.39, 0.29) is 22.4 Å². The number of carbonyl (C=O) groups is 2. The van der Waals surface area contributed by atoms with Crippen molar-refractivity contribution in [2.75, 3.05) is 26.3 Å². The molecule has 8 nitrogen and oxygen atoms in total. The van der Waals surface area contributed by atoms with Gasteiger partial charge in [-0.25, -0.2) is 13.2 Å². The van der Waals surface area contributed by atoms with E-state index in [4.69, 9.17) is 9.47 Å². The van der Waals surface area contributed by atoms with Gasteiger partial charge in [0.05, 0.1) is 23.7 Å². The zero-order valence-corrected chi connectivity index (χ0v) is 17.4. The summed E-state index contributed by atoms with van der Waals surface area (Å²) < 4.78 is 37.1. The van der Waals surface area contributed by atoms with Crippen LogP contribution >= 0.6 is 0 Å². The quantitative estimate of drug-likeness (QED) is 0.698. The van der Waals surface area contributed by atoms with E-state index in [1.165, 1.54) is 41.9 Å². The maximum atomic E-state index is 12.6. The Morgan fingerprint density at radius 3 is 2.34 bits per heavy atom. The van der Waals surface area contributed by atoms with Gasteiger partial charge in [0.15, 0.2) is 6.10 Å². The molecule has 1 aromatic rings. The van der Waals surface area contributed by atoms with Crippen molar-refractivity contribution in [3.05, 3.63) is 29.8 Å². The number of sulfonamides is 1. The number of ether oxygens (including phenoxy) is 2. The Bertz CT molecular complexity index is 812. The SMILES string of the molecule is C[C@H](OC(=O)c1ccc(S(=O)(=O)N2CCOCC2)cc1)C(=O)NC1CCCCC1. The van der Waals surface area contributed by atoms with Crippen molar-refractivity contribution in [2.45, 2.75) is 56.1 Å². The lowest BCUT2D eigenvalue weighted by molar-refractivity contribution is -0.130. The van der Waals surface area contributed by atoms with Crippen molar-refractivity contribution in [1.82, 2.24) is 9.62 Å². The fourth-order valence-corrected chi connectivity index (χ4v) is 4.95.